The molecule has 0 aliphatic carbocycles. The van der Waals surface area contributed by atoms with E-state index in [1.165, 1.54) is 0 Å². The van der Waals surface area contributed by atoms with Crippen molar-refractivity contribution in [2.75, 3.05) is 13.1 Å². The average molecular weight is 521 g/mol. The second-order valence-corrected chi connectivity index (χ2v) is 8.84. The molecule has 0 aromatic heterocycles. The minimum Gasteiger partial charge on any atom is -0.489 e. The van der Waals surface area contributed by atoms with Crippen LogP contribution < -0.4 is 14.8 Å². The molecule has 198 valence electrons. The third-order valence-electron chi connectivity index (χ3n) is 5.95. The van der Waals surface area contributed by atoms with Gasteiger partial charge in [-0.1, -0.05) is 78.9 Å². The third-order valence-corrected chi connectivity index (χ3v) is 5.95. The first-order valence-corrected chi connectivity index (χ1v) is 12.8. The molecule has 39 heavy (non-hydrogen) atoms. The Hall–Kier alpha value is -4.68. The number of carbonyl (C=O) groups is 1. The molecule has 4 rings (SSSR count). The van der Waals surface area contributed by atoms with Crippen molar-refractivity contribution in [1.82, 2.24) is 5.32 Å². The van der Waals surface area contributed by atoms with Gasteiger partial charge in [0.1, 0.15) is 43.2 Å². The van der Waals surface area contributed by atoms with Gasteiger partial charge in [-0.3, -0.25) is 9.79 Å². The van der Waals surface area contributed by atoms with Gasteiger partial charge in [-0.2, -0.15) is 0 Å². The van der Waals surface area contributed by atoms with Crippen LogP contribution in [0.25, 0.3) is 0 Å². The van der Waals surface area contributed by atoms with E-state index in [-0.39, 0.29) is 12.3 Å². The number of amidine groups is 1. The van der Waals surface area contributed by atoms with E-state index in [9.17, 15) is 9.90 Å². The van der Waals surface area contributed by atoms with Crippen LogP contribution >= 0.6 is 0 Å². The van der Waals surface area contributed by atoms with Crippen LogP contribution in [-0.4, -0.2) is 29.8 Å². The molecule has 0 aliphatic rings. The number of ketones is 1. The van der Waals surface area contributed by atoms with Gasteiger partial charge in [0, 0.05) is 12.1 Å². The normalized spacial score (nSPS) is 11.9. The first kappa shape index (κ1) is 27.4. The molecule has 0 amide bonds. The Morgan fingerprint density at radius 1 is 0.795 bits per heavy atom. The van der Waals surface area contributed by atoms with E-state index in [0.717, 1.165) is 11.1 Å². The fraction of sp³-hybridized carbons (Fsp3) is 0.152. The first-order chi connectivity index (χ1) is 19.1. The molecule has 0 spiro atoms. The van der Waals surface area contributed by atoms with Crippen LogP contribution in [0, 0.1) is 0 Å². The van der Waals surface area contributed by atoms with Gasteiger partial charge < -0.3 is 19.9 Å². The number of carbonyl (C=O) groups excluding carboxylic acids is 1. The summed E-state index contributed by atoms with van der Waals surface area (Å²) >= 11 is 0. The molecule has 0 saturated carbocycles. The predicted molar refractivity (Wildman–Crippen MR) is 154 cm³/mol. The van der Waals surface area contributed by atoms with Crippen LogP contribution in [0.1, 0.15) is 33.2 Å². The lowest BCUT2D eigenvalue weighted by atomic mass is 10.1. The molecular weight excluding hydrogens is 488 g/mol. The zero-order valence-electron chi connectivity index (χ0n) is 21.7. The fourth-order valence-corrected chi connectivity index (χ4v) is 3.79. The Morgan fingerprint density at radius 2 is 1.31 bits per heavy atom. The lowest BCUT2D eigenvalue weighted by Gasteiger charge is -2.16. The number of aliphatic imine (C=N–C) groups is 1. The van der Waals surface area contributed by atoms with Crippen LogP contribution in [0.3, 0.4) is 0 Å². The summed E-state index contributed by atoms with van der Waals surface area (Å²) in [4.78, 5) is 17.2. The van der Waals surface area contributed by atoms with Gasteiger partial charge in [0.25, 0.3) is 0 Å². The molecule has 2 N–H and O–H groups in total. The summed E-state index contributed by atoms with van der Waals surface area (Å²) in [7, 11) is 0. The van der Waals surface area contributed by atoms with E-state index in [1.807, 2.05) is 60.7 Å². The second kappa shape index (κ2) is 14.3. The Kier molecular flexibility index (Phi) is 10.0. The zero-order valence-corrected chi connectivity index (χ0v) is 21.7. The highest BCUT2D eigenvalue weighted by molar-refractivity contribution is 5.99. The number of Topliss-reactive ketones (excluding diaryl/α,β-unsaturated/α-hetero) is 1. The van der Waals surface area contributed by atoms with Gasteiger partial charge in [-0.05, 0) is 53.1 Å². The van der Waals surface area contributed by atoms with Gasteiger partial charge in [0.15, 0.2) is 5.78 Å². The molecule has 0 saturated heterocycles. The summed E-state index contributed by atoms with van der Waals surface area (Å²) in [6.07, 6.45) is 0.633. The quantitative estimate of drug-likeness (QED) is 0.0988. The second-order valence-electron chi connectivity index (χ2n) is 8.84. The highest BCUT2D eigenvalue weighted by Crippen LogP contribution is 2.20. The summed E-state index contributed by atoms with van der Waals surface area (Å²) < 4.78 is 11.6. The molecule has 1 unspecified atom stereocenters. The lowest BCUT2D eigenvalue weighted by Crippen LogP contribution is -2.30. The number of hydrogen-bond acceptors (Lipinski definition) is 5. The number of nitrogens with zero attached hydrogens (tertiary/aromatic N) is 1. The zero-order chi connectivity index (χ0) is 27.3. The summed E-state index contributed by atoms with van der Waals surface area (Å²) in [5.41, 5.74) is 3.29. The SMILES string of the molecule is C=CCNC(=NCC(=O)c1ccc(OCc2ccccc2)cc1)C(O)c1ccc(OCc2ccccc2)cc1. The Labute approximate surface area is 229 Å². The van der Waals surface area contributed by atoms with Gasteiger partial charge in [0.05, 0.1) is 0 Å². The molecule has 0 fully saturated rings. The highest BCUT2D eigenvalue weighted by atomic mass is 16.5. The van der Waals surface area contributed by atoms with E-state index in [0.29, 0.717) is 48.2 Å². The molecule has 4 aromatic rings. The van der Waals surface area contributed by atoms with Crippen LogP contribution in [-0.2, 0) is 13.2 Å². The highest BCUT2D eigenvalue weighted by Gasteiger charge is 2.16. The van der Waals surface area contributed by atoms with Gasteiger partial charge in [-0.25, -0.2) is 0 Å². The number of aliphatic hydroxyl groups excluding tert-OH is 1. The minimum atomic E-state index is -1.03. The van der Waals surface area contributed by atoms with E-state index in [1.54, 1.807) is 54.6 Å². The Bertz CT molecular complexity index is 1350. The van der Waals surface area contributed by atoms with Crippen LogP contribution in [0.4, 0.5) is 0 Å². The van der Waals surface area contributed by atoms with Crippen molar-refractivity contribution in [3.05, 3.63) is 144 Å². The molecule has 0 radical (unpaired) electrons. The molecular formula is C33H32N2O4. The van der Waals surface area contributed by atoms with Gasteiger partial charge >= 0.3 is 0 Å². The number of hydrogen-bond donors (Lipinski definition) is 2. The van der Waals surface area contributed by atoms with Crippen LogP contribution in [0.5, 0.6) is 11.5 Å². The van der Waals surface area contributed by atoms with Crippen LogP contribution in [0.2, 0.25) is 0 Å². The monoisotopic (exact) mass is 520 g/mol. The van der Waals surface area contributed by atoms with Crippen molar-refractivity contribution < 1.29 is 19.4 Å². The third kappa shape index (κ3) is 8.42. The molecule has 6 nitrogen and oxygen atoms in total. The van der Waals surface area contributed by atoms with E-state index < -0.39 is 6.10 Å². The van der Waals surface area contributed by atoms with E-state index in [4.69, 9.17) is 9.47 Å². The van der Waals surface area contributed by atoms with Crippen molar-refractivity contribution in [2.24, 2.45) is 4.99 Å². The first-order valence-electron chi connectivity index (χ1n) is 12.8. The number of nitrogens with one attached hydrogen (secondary N) is 1. The number of ether oxygens (including phenoxy) is 2. The summed E-state index contributed by atoms with van der Waals surface area (Å²) in [5, 5.41) is 14.0. The van der Waals surface area contributed by atoms with Crippen LogP contribution in [0.15, 0.2) is 127 Å². The predicted octanol–water partition coefficient (Wildman–Crippen LogP) is 5.94. The van der Waals surface area contributed by atoms with Crippen molar-refractivity contribution in [2.45, 2.75) is 19.3 Å². The standard InChI is InChI=1S/C33H32N2O4/c1-2-21-34-33(32(37)28-15-19-30(20-16-28)39-24-26-11-7-4-8-12-26)35-22-31(36)27-13-17-29(18-14-27)38-23-25-9-5-3-6-10-25/h2-20,32,37H,1,21-24H2,(H,34,35). The van der Waals surface area contributed by atoms with Crippen molar-refractivity contribution in [3.63, 3.8) is 0 Å². The summed E-state index contributed by atoms with van der Waals surface area (Å²) in [5.74, 6) is 1.50. The summed E-state index contributed by atoms with van der Waals surface area (Å²) in [6.45, 7) is 4.91. The molecule has 0 bridgehead atoms. The smallest absolute Gasteiger partial charge is 0.184 e. The molecule has 0 heterocycles. The molecule has 4 aromatic carbocycles. The van der Waals surface area contributed by atoms with Crippen molar-refractivity contribution >= 4 is 11.6 Å². The number of benzene rings is 4. The molecule has 6 heteroatoms. The largest absolute Gasteiger partial charge is 0.489 e. The Morgan fingerprint density at radius 3 is 1.82 bits per heavy atom. The lowest BCUT2D eigenvalue weighted by molar-refractivity contribution is 0.100. The Balaban J connectivity index is 1.35. The van der Waals surface area contributed by atoms with E-state index >= 15 is 0 Å². The fourth-order valence-electron chi connectivity index (χ4n) is 3.79. The maximum Gasteiger partial charge on any atom is 0.184 e. The van der Waals surface area contributed by atoms with Crippen molar-refractivity contribution in [1.29, 1.82) is 0 Å². The van der Waals surface area contributed by atoms with E-state index in [2.05, 4.69) is 16.9 Å². The number of rotatable bonds is 13. The summed E-state index contributed by atoms with van der Waals surface area (Å²) in [6, 6.07) is 34.0. The molecule has 0 aliphatic heterocycles. The molecule has 1 atom stereocenters. The maximum atomic E-state index is 12.8. The van der Waals surface area contributed by atoms with Crippen molar-refractivity contribution in [3.8, 4) is 11.5 Å². The number of aliphatic hydroxyl groups is 1. The van der Waals surface area contributed by atoms with Gasteiger partial charge in [-0.15, -0.1) is 6.58 Å². The van der Waals surface area contributed by atoms with Gasteiger partial charge in [0.2, 0.25) is 0 Å². The maximum absolute atomic E-state index is 12.8. The topological polar surface area (TPSA) is 80.2 Å². The minimum absolute atomic E-state index is 0.112. The average Bonchev–Trinajstić information content (AvgIpc) is 3.00.